The smallest absolute Gasteiger partial charge is 0.273 e. The molecule has 0 fully saturated rings. The van der Waals surface area contributed by atoms with E-state index in [-0.39, 0.29) is 11.6 Å². The summed E-state index contributed by atoms with van der Waals surface area (Å²) in [6.07, 6.45) is 1.95. The van der Waals surface area contributed by atoms with Gasteiger partial charge >= 0.3 is 0 Å². The molecule has 1 amide bonds. The van der Waals surface area contributed by atoms with Crippen LogP contribution in [0.4, 0.5) is 0 Å². The minimum Gasteiger partial charge on any atom is -0.355 e. The summed E-state index contributed by atoms with van der Waals surface area (Å²) in [5.74, 6) is 0.312. The van der Waals surface area contributed by atoms with Gasteiger partial charge in [0.2, 0.25) is 0 Å². The van der Waals surface area contributed by atoms with Crippen LogP contribution in [0.3, 0.4) is 0 Å². The Morgan fingerprint density at radius 3 is 2.88 bits per heavy atom. The van der Waals surface area contributed by atoms with E-state index in [1.807, 2.05) is 48.0 Å². The fraction of sp³-hybridized carbons (Fsp3) is 0.211. The highest BCUT2D eigenvalue weighted by Gasteiger charge is 2.16. The number of hydrogen-bond donors (Lipinski definition) is 1. The predicted molar refractivity (Wildman–Crippen MR) is 100 cm³/mol. The zero-order valence-corrected chi connectivity index (χ0v) is 15.6. The van der Waals surface area contributed by atoms with Crippen molar-refractivity contribution in [3.05, 3.63) is 64.1 Å². The zero-order chi connectivity index (χ0) is 18.3. The molecule has 0 saturated carbocycles. The second-order valence-electron chi connectivity index (χ2n) is 6.26. The van der Waals surface area contributed by atoms with Crippen LogP contribution < -0.4 is 5.32 Å². The molecule has 3 heterocycles. The third-order valence-electron chi connectivity index (χ3n) is 4.51. The number of rotatable bonds is 4. The molecule has 1 N–H and O–H groups in total. The first-order valence-electron chi connectivity index (χ1n) is 8.26. The van der Waals surface area contributed by atoms with Crippen molar-refractivity contribution in [1.82, 2.24) is 19.9 Å². The molecule has 4 rings (SSSR count). The van der Waals surface area contributed by atoms with E-state index in [4.69, 9.17) is 4.52 Å². The van der Waals surface area contributed by atoms with Crippen LogP contribution in [-0.2, 0) is 6.54 Å². The first kappa shape index (κ1) is 16.5. The van der Waals surface area contributed by atoms with Crippen molar-refractivity contribution in [3.63, 3.8) is 0 Å². The molecule has 0 aliphatic carbocycles. The van der Waals surface area contributed by atoms with Crippen molar-refractivity contribution in [2.75, 3.05) is 0 Å². The molecule has 26 heavy (non-hydrogen) atoms. The van der Waals surface area contributed by atoms with E-state index in [1.165, 1.54) is 11.1 Å². The summed E-state index contributed by atoms with van der Waals surface area (Å²) in [7, 11) is 0. The number of aromatic nitrogens is 3. The van der Waals surface area contributed by atoms with Gasteiger partial charge in [0.1, 0.15) is 0 Å². The maximum Gasteiger partial charge on any atom is 0.273 e. The summed E-state index contributed by atoms with van der Waals surface area (Å²) < 4.78 is 7.35. The maximum atomic E-state index is 12.4. The molecule has 3 aromatic heterocycles. The van der Waals surface area contributed by atoms with E-state index in [0.717, 1.165) is 21.9 Å². The van der Waals surface area contributed by atoms with Crippen LogP contribution >= 0.6 is 11.3 Å². The average Bonchev–Trinajstić information content (AvgIpc) is 3.32. The van der Waals surface area contributed by atoms with Crippen molar-refractivity contribution >= 4 is 22.2 Å². The fourth-order valence-electron chi connectivity index (χ4n) is 2.82. The second kappa shape index (κ2) is 6.42. The minimum atomic E-state index is -0.270. The Morgan fingerprint density at radius 1 is 1.23 bits per heavy atom. The molecular formula is C19H18N4O2S. The highest BCUT2D eigenvalue weighted by molar-refractivity contribution is 7.15. The predicted octanol–water partition coefficient (Wildman–Crippen LogP) is 3.91. The van der Waals surface area contributed by atoms with E-state index < -0.39 is 0 Å². The number of nitrogens with one attached hydrogen (secondary N) is 1. The standard InChI is InChI=1S/C19H18N4O2S/c1-11-4-5-14(8-12(11)2)17-9-15(22-25-17)18(24)20-10-16-13(3)21-19-23(16)6-7-26-19/h4-9H,10H2,1-3H3,(H,20,24). The molecule has 0 bridgehead atoms. The summed E-state index contributed by atoms with van der Waals surface area (Å²) in [5.41, 5.74) is 5.43. The normalized spacial score (nSPS) is 11.2. The SMILES string of the molecule is Cc1ccc(-c2cc(C(=O)NCc3c(C)nc4sccn34)no2)cc1C. The Balaban J connectivity index is 1.50. The van der Waals surface area contributed by atoms with Gasteiger partial charge < -0.3 is 9.84 Å². The quantitative estimate of drug-likeness (QED) is 0.594. The molecule has 0 spiro atoms. The summed E-state index contributed by atoms with van der Waals surface area (Å²) in [4.78, 5) is 17.8. The summed E-state index contributed by atoms with van der Waals surface area (Å²) in [5, 5.41) is 8.78. The lowest BCUT2D eigenvalue weighted by Crippen LogP contribution is -2.24. The van der Waals surface area contributed by atoms with Crippen LogP contribution in [-0.4, -0.2) is 20.4 Å². The van der Waals surface area contributed by atoms with Crippen LogP contribution in [0.25, 0.3) is 16.3 Å². The van der Waals surface area contributed by atoms with E-state index in [1.54, 1.807) is 17.4 Å². The van der Waals surface area contributed by atoms with Gasteiger partial charge in [0, 0.05) is 23.2 Å². The van der Waals surface area contributed by atoms with E-state index in [0.29, 0.717) is 12.3 Å². The molecule has 6 nitrogen and oxygen atoms in total. The molecule has 4 aromatic rings. The van der Waals surface area contributed by atoms with Crippen LogP contribution in [0.5, 0.6) is 0 Å². The molecule has 132 valence electrons. The summed E-state index contributed by atoms with van der Waals surface area (Å²) in [6.45, 7) is 6.42. The fourth-order valence-corrected chi connectivity index (χ4v) is 3.60. The lowest BCUT2D eigenvalue weighted by Gasteiger charge is -2.03. The highest BCUT2D eigenvalue weighted by Crippen LogP contribution is 2.23. The largest absolute Gasteiger partial charge is 0.355 e. The maximum absolute atomic E-state index is 12.4. The molecule has 0 aliphatic rings. The third kappa shape index (κ3) is 2.90. The van der Waals surface area contributed by atoms with Gasteiger partial charge in [-0.3, -0.25) is 9.20 Å². The number of fused-ring (bicyclic) bond motifs is 1. The molecule has 0 saturated heterocycles. The molecule has 7 heteroatoms. The van der Waals surface area contributed by atoms with Gasteiger partial charge in [-0.2, -0.15) is 0 Å². The van der Waals surface area contributed by atoms with Gasteiger partial charge in [0.25, 0.3) is 5.91 Å². The number of thiazole rings is 1. The number of amides is 1. The second-order valence-corrected chi connectivity index (χ2v) is 7.13. The molecule has 1 aromatic carbocycles. The van der Waals surface area contributed by atoms with Gasteiger partial charge in [0.05, 0.1) is 17.9 Å². The Hall–Kier alpha value is -2.93. The van der Waals surface area contributed by atoms with Gasteiger partial charge in [0.15, 0.2) is 16.4 Å². The Bertz CT molecular complexity index is 1110. The number of carbonyl (C=O) groups excluding carboxylic acids is 1. The van der Waals surface area contributed by atoms with Crippen molar-refractivity contribution < 1.29 is 9.32 Å². The summed E-state index contributed by atoms with van der Waals surface area (Å²) in [6, 6.07) is 7.69. The van der Waals surface area contributed by atoms with Crippen LogP contribution in [0.15, 0.2) is 40.4 Å². The summed E-state index contributed by atoms with van der Waals surface area (Å²) >= 11 is 1.57. The highest BCUT2D eigenvalue weighted by atomic mass is 32.1. The van der Waals surface area contributed by atoms with Crippen molar-refractivity contribution in [2.45, 2.75) is 27.3 Å². The number of hydrogen-bond acceptors (Lipinski definition) is 5. The number of imidazole rings is 1. The molecule has 0 radical (unpaired) electrons. The number of nitrogens with zero attached hydrogens (tertiary/aromatic N) is 3. The first-order valence-corrected chi connectivity index (χ1v) is 9.14. The molecule has 0 aliphatic heterocycles. The van der Waals surface area contributed by atoms with Crippen molar-refractivity contribution in [1.29, 1.82) is 0 Å². The Morgan fingerprint density at radius 2 is 2.08 bits per heavy atom. The zero-order valence-electron chi connectivity index (χ0n) is 14.7. The number of carbonyl (C=O) groups is 1. The van der Waals surface area contributed by atoms with Crippen LogP contribution in [0.1, 0.15) is 33.0 Å². The minimum absolute atomic E-state index is 0.266. The lowest BCUT2D eigenvalue weighted by atomic mass is 10.0. The van der Waals surface area contributed by atoms with Gasteiger partial charge in [-0.05, 0) is 38.0 Å². The van der Waals surface area contributed by atoms with E-state index in [2.05, 4.69) is 22.4 Å². The number of benzene rings is 1. The van der Waals surface area contributed by atoms with Crippen molar-refractivity contribution in [2.24, 2.45) is 0 Å². The van der Waals surface area contributed by atoms with Gasteiger partial charge in [-0.1, -0.05) is 17.3 Å². The van der Waals surface area contributed by atoms with Crippen LogP contribution in [0, 0.1) is 20.8 Å². The van der Waals surface area contributed by atoms with Gasteiger partial charge in [-0.25, -0.2) is 4.98 Å². The Labute approximate surface area is 154 Å². The monoisotopic (exact) mass is 366 g/mol. The molecule has 0 atom stereocenters. The lowest BCUT2D eigenvalue weighted by molar-refractivity contribution is 0.0941. The van der Waals surface area contributed by atoms with Gasteiger partial charge in [-0.15, -0.1) is 11.3 Å². The van der Waals surface area contributed by atoms with E-state index >= 15 is 0 Å². The molecule has 0 unspecified atom stereocenters. The van der Waals surface area contributed by atoms with E-state index in [9.17, 15) is 4.79 Å². The van der Waals surface area contributed by atoms with Crippen LogP contribution in [0.2, 0.25) is 0 Å². The van der Waals surface area contributed by atoms with Crippen molar-refractivity contribution in [3.8, 4) is 11.3 Å². The molecular weight excluding hydrogens is 348 g/mol. The first-order chi connectivity index (χ1) is 12.5. The topological polar surface area (TPSA) is 72.4 Å². The number of aryl methyl sites for hydroxylation is 3. The third-order valence-corrected chi connectivity index (χ3v) is 5.27. The average molecular weight is 366 g/mol. The Kier molecular flexibility index (Phi) is 4.08.